The Bertz CT molecular complexity index is 387. The van der Waals surface area contributed by atoms with Crippen molar-refractivity contribution in [3.8, 4) is 5.75 Å². The first kappa shape index (κ1) is 14.3. The van der Waals surface area contributed by atoms with Crippen LogP contribution >= 0.6 is 0 Å². The van der Waals surface area contributed by atoms with E-state index < -0.39 is 17.8 Å². The molecule has 0 saturated carbocycles. The number of nitrogens with one attached hydrogen (secondary N) is 1. The zero-order valence-corrected chi connectivity index (χ0v) is 9.88. The zero-order chi connectivity index (χ0) is 13.6. The molecule has 1 aromatic rings. The minimum absolute atomic E-state index is 0.0806. The number of ether oxygens (including phenoxy) is 1. The lowest BCUT2D eigenvalue weighted by Crippen LogP contribution is -2.27. The van der Waals surface area contributed by atoms with E-state index in [2.05, 4.69) is 5.32 Å². The molecule has 0 heterocycles. The van der Waals surface area contributed by atoms with E-state index in [9.17, 15) is 18.0 Å². The van der Waals surface area contributed by atoms with Crippen LogP contribution in [0.4, 0.5) is 18.0 Å². The van der Waals surface area contributed by atoms with Gasteiger partial charge in [-0.05, 0) is 30.7 Å². The Hall–Kier alpha value is -1.72. The van der Waals surface area contributed by atoms with E-state index in [1.165, 1.54) is 0 Å². The first-order chi connectivity index (χ1) is 8.43. The summed E-state index contributed by atoms with van der Waals surface area (Å²) in [5, 5.41) is 2.49. The van der Waals surface area contributed by atoms with Crippen molar-refractivity contribution < 1.29 is 22.7 Å². The Morgan fingerprint density at radius 2 is 1.89 bits per heavy atom. The summed E-state index contributed by atoms with van der Waals surface area (Å²) in [6.07, 6.45) is -3.30. The fraction of sp³-hybridized carbons (Fsp3) is 0.417. The van der Waals surface area contributed by atoms with Crippen molar-refractivity contribution >= 4 is 6.09 Å². The lowest BCUT2D eigenvalue weighted by Gasteiger charge is -2.08. The molecule has 18 heavy (non-hydrogen) atoms. The van der Waals surface area contributed by atoms with Crippen molar-refractivity contribution in [2.75, 3.05) is 6.54 Å². The Labute approximate surface area is 103 Å². The van der Waals surface area contributed by atoms with Gasteiger partial charge in [-0.2, -0.15) is 13.2 Å². The fourth-order valence-corrected chi connectivity index (χ4v) is 1.22. The van der Waals surface area contributed by atoms with Crippen molar-refractivity contribution in [2.24, 2.45) is 0 Å². The lowest BCUT2D eigenvalue weighted by molar-refractivity contribution is -0.137. The molecule has 6 heteroatoms. The maximum absolute atomic E-state index is 12.3. The molecule has 0 aromatic heterocycles. The van der Waals surface area contributed by atoms with Gasteiger partial charge in [-0.15, -0.1) is 0 Å². The van der Waals surface area contributed by atoms with E-state index in [1.807, 2.05) is 6.92 Å². The highest BCUT2D eigenvalue weighted by Gasteiger charge is 2.30. The van der Waals surface area contributed by atoms with Gasteiger partial charge in [0.05, 0.1) is 5.56 Å². The molecular weight excluding hydrogens is 247 g/mol. The number of amides is 1. The Morgan fingerprint density at radius 1 is 1.28 bits per heavy atom. The smallest absolute Gasteiger partial charge is 0.410 e. The Morgan fingerprint density at radius 3 is 2.39 bits per heavy atom. The van der Waals surface area contributed by atoms with Gasteiger partial charge in [0, 0.05) is 6.54 Å². The first-order valence-corrected chi connectivity index (χ1v) is 5.56. The van der Waals surface area contributed by atoms with Gasteiger partial charge in [0.25, 0.3) is 0 Å². The van der Waals surface area contributed by atoms with Gasteiger partial charge < -0.3 is 10.1 Å². The number of benzene rings is 1. The van der Waals surface area contributed by atoms with Gasteiger partial charge >= 0.3 is 12.3 Å². The minimum Gasteiger partial charge on any atom is -0.410 e. The number of unbranched alkanes of at least 4 members (excludes halogenated alkanes) is 1. The third-order valence-electron chi connectivity index (χ3n) is 2.19. The van der Waals surface area contributed by atoms with Gasteiger partial charge in [0.2, 0.25) is 0 Å². The molecule has 0 bridgehead atoms. The molecule has 0 aliphatic rings. The van der Waals surface area contributed by atoms with Gasteiger partial charge in [-0.25, -0.2) is 4.79 Å². The highest BCUT2D eigenvalue weighted by Crippen LogP contribution is 2.30. The second-order valence-electron chi connectivity index (χ2n) is 3.69. The first-order valence-electron chi connectivity index (χ1n) is 5.56. The molecule has 0 unspecified atom stereocenters. The van der Waals surface area contributed by atoms with E-state index in [0.29, 0.717) is 6.54 Å². The van der Waals surface area contributed by atoms with Crippen molar-refractivity contribution in [3.63, 3.8) is 0 Å². The summed E-state index contributed by atoms with van der Waals surface area (Å²) in [4.78, 5) is 11.2. The third-order valence-corrected chi connectivity index (χ3v) is 2.19. The highest BCUT2D eigenvalue weighted by atomic mass is 19.4. The number of alkyl halides is 3. The van der Waals surface area contributed by atoms with E-state index >= 15 is 0 Å². The number of halogens is 3. The number of carbonyl (C=O) groups is 1. The summed E-state index contributed by atoms with van der Waals surface area (Å²) in [5.74, 6) is 0.0806. The molecular formula is C12H14F3NO2. The number of carbonyl (C=O) groups excluding carboxylic acids is 1. The molecule has 0 aliphatic heterocycles. The number of hydrogen-bond acceptors (Lipinski definition) is 2. The molecule has 0 radical (unpaired) electrons. The summed E-state index contributed by atoms with van der Waals surface area (Å²) >= 11 is 0. The van der Waals surface area contributed by atoms with Crippen molar-refractivity contribution in [3.05, 3.63) is 29.8 Å². The SMILES string of the molecule is CCCCNC(=O)Oc1ccc(C(F)(F)F)cc1. The summed E-state index contributed by atoms with van der Waals surface area (Å²) in [6.45, 7) is 2.46. The van der Waals surface area contributed by atoms with Crippen molar-refractivity contribution in [2.45, 2.75) is 25.9 Å². The van der Waals surface area contributed by atoms with Crippen LogP contribution < -0.4 is 10.1 Å². The molecule has 1 rings (SSSR count). The lowest BCUT2D eigenvalue weighted by atomic mass is 10.2. The second kappa shape index (κ2) is 6.28. The number of rotatable bonds is 4. The summed E-state index contributed by atoms with van der Waals surface area (Å²) in [7, 11) is 0. The zero-order valence-electron chi connectivity index (χ0n) is 9.88. The van der Waals surface area contributed by atoms with Crippen molar-refractivity contribution in [1.29, 1.82) is 0 Å². The molecule has 1 amide bonds. The topological polar surface area (TPSA) is 38.3 Å². The van der Waals surface area contributed by atoms with E-state index in [1.54, 1.807) is 0 Å². The molecule has 0 fully saturated rings. The van der Waals surface area contributed by atoms with Crippen LogP contribution in [0.5, 0.6) is 5.75 Å². The van der Waals surface area contributed by atoms with Crippen LogP contribution in [0.3, 0.4) is 0 Å². The fourth-order valence-electron chi connectivity index (χ4n) is 1.22. The standard InChI is InChI=1S/C12H14F3NO2/c1-2-3-8-16-11(17)18-10-6-4-9(5-7-10)12(13,14)15/h4-7H,2-3,8H2,1H3,(H,16,17). The second-order valence-corrected chi connectivity index (χ2v) is 3.69. The predicted octanol–water partition coefficient (Wildman–Crippen LogP) is 3.59. The maximum Gasteiger partial charge on any atom is 0.416 e. The van der Waals surface area contributed by atoms with Crippen LogP contribution in [0, 0.1) is 0 Å². The van der Waals surface area contributed by atoms with Crippen LogP contribution in [0.15, 0.2) is 24.3 Å². The molecule has 100 valence electrons. The molecule has 3 nitrogen and oxygen atoms in total. The Kier molecular flexibility index (Phi) is 5.00. The number of hydrogen-bond donors (Lipinski definition) is 1. The Balaban J connectivity index is 2.51. The molecule has 0 spiro atoms. The summed E-state index contributed by atoms with van der Waals surface area (Å²) < 4.78 is 41.6. The minimum atomic E-state index is -4.39. The monoisotopic (exact) mass is 261 g/mol. The van der Waals surface area contributed by atoms with Crippen LogP contribution in [0.2, 0.25) is 0 Å². The van der Waals surface area contributed by atoms with E-state index in [0.717, 1.165) is 37.1 Å². The normalized spacial score (nSPS) is 11.1. The van der Waals surface area contributed by atoms with Gasteiger partial charge in [-0.1, -0.05) is 13.3 Å². The largest absolute Gasteiger partial charge is 0.416 e. The average molecular weight is 261 g/mol. The average Bonchev–Trinajstić information content (AvgIpc) is 2.29. The molecule has 1 N–H and O–H groups in total. The van der Waals surface area contributed by atoms with Crippen LogP contribution in [-0.4, -0.2) is 12.6 Å². The van der Waals surface area contributed by atoms with Gasteiger partial charge in [0.1, 0.15) is 5.75 Å². The third kappa shape index (κ3) is 4.65. The highest BCUT2D eigenvalue weighted by molar-refractivity contribution is 5.70. The molecule has 0 aliphatic carbocycles. The molecule has 0 atom stereocenters. The van der Waals surface area contributed by atoms with Gasteiger partial charge in [0.15, 0.2) is 0 Å². The van der Waals surface area contributed by atoms with Crippen molar-refractivity contribution in [1.82, 2.24) is 5.32 Å². The summed E-state index contributed by atoms with van der Waals surface area (Å²) in [5.41, 5.74) is -0.777. The molecule has 0 saturated heterocycles. The van der Waals surface area contributed by atoms with Crippen LogP contribution in [-0.2, 0) is 6.18 Å². The molecule has 1 aromatic carbocycles. The van der Waals surface area contributed by atoms with Gasteiger partial charge in [-0.3, -0.25) is 0 Å². The summed E-state index contributed by atoms with van der Waals surface area (Å²) in [6, 6.07) is 3.97. The van der Waals surface area contributed by atoms with Crippen LogP contribution in [0.1, 0.15) is 25.3 Å². The van der Waals surface area contributed by atoms with E-state index in [4.69, 9.17) is 4.74 Å². The van der Waals surface area contributed by atoms with Crippen LogP contribution in [0.25, 0.3) is 0 Å². The van der Waals surface area contributed by atoms with E-state index in [-0.39, 0.29) is 5.75 Å². The predicted molar refractivity (Wildman–Crippen MR) is 60.4 cm³/mol. The maximum atomic E-state index is 12.3. The quantitative estimate of drug-likeness (QED) is 0.841.